The van der Waals surface area contributed by atoms with Crippen LogP contribution < -0.4 is 11.1 Å². The molecule has 2 heteroatoms. The Morgan fingerprint density at radius 2 is 1.94 bits per heavy atom. The van der Waals surface area contributed by atoms with E-state index in [0.717, 1.165) is 24.4 Å². The average Bonchev–Trinajstić information content (AvgIpc) is 2.81. The van der Waals surface area contributed by atoms with Crippen LogP contribution in [0.4, 0.5) is 0 Å². The van der Waals surface area contributed by atoms with Gasteiger partial charge < -0.3 is 11.1 Å². The zero-order valence-electron chi connectivity index (χ0n) is 11.0. The molecule has 16 heavy (non-hydrogen) atoms. The van der Waals surface area contributed by atoms with Gasteiger partial charge in [0.2, 0.25) is 0 Å². The number of hydrogen-bond donors (Lipinski definition) is 2. The third kappa shape index (κ3) is 2.98. The van der Waals surface area contributed by atoms with E-state index in [-0.39, 0.29) is 0 Å². The van der Waals surface area contributed by atoms with E-state index in [0.29, 0.717) is 5.41 Å². The standard InChI is InChI=1S/C14H28N2/c1-14(2)7-6-13(8-14)16-10-12-5-3-4-11(12)9-15/h11-13,16H,3-10,15H2,1-2H3. The zero-order chi connectivity index (χ0) is 11.6. The molecule has 0 heterocycles. The van der Waals surface area contributed by atoms with Gasteiger partial charge in [0, 0.05) is 6.04 Å². The van der Waals surface area contributed by atoms with Crippen LogP contribution in [0, 0.1) is 17.3 Å². The lowest BCUT2D eigenvalue weighted by Crippen LogP contribution is -2.34. The maximum atomic E-state index is 5.82. The minimum Gasteiger partial charge on any atom is -0.330 e. The summed E-state index contributed by atoms with van der Waals surface area (Å²) in [4.78, 5) is 0. The van der Waals surface area contributed by atoms with Crippen LogP contribution in [0.2, 0.25) is 0 Å². The normalized spacial score (nSPS) is 38.1. The van der Waals surface area contributed by atoms with Crippen LogP contribution in [0.3, 0.4) is 0 Å². The fraction of sp³-hybridized carbons (Fsp3) is 1.00. The third-order valence-electron chi connectivity index (χ3n) is 4.76. The van der Waals surface area contributed by atoms with E-state index in [1.165, 1.54) is 45.1 Å². The lowest BCUT2D eigenvalue weighted by molar-refractivity contribution is 0.332. The summed E-state index contributed by atoms with van der Waals surface area (Å²) >= 11 is 0. The van der Waals surface area contributed by atoms with Gasteiger partial charge in [0.1, 0.15) is 0 Å². The highest BCUT2D eigenvalue weighted by molar-refractivity contribution is 4.88. The van der Waals surface area contributed by atoms with Gasteiger partial charge in [0.05, 0.1) is 0 Å². The predicted octanol–water partition coefficient (Wildman–Crippen LogP) is 2.53. The van der Waals surface area contributed by atoms with Crippen molar-refractivity contribution in [2.24, 2.45) is 23.0 Å². The van der Waals surface area contributed by atoms with Crippen molar-refractivity contribution in [3.63, 3.8) is 0 Å². The smallest absolute Gasteiger partial charge is 0.00724 e. The molecule has 0 saturated heterocycles. The van der Waals surface area contributed by atoms with Gasteiger partial charge in [-0.05, 0) is 62.4 Å². The molecule has 3 unspecified atom stereocenters. The van der Waals surface area contributed by atoms with Gasteiger partial charge in [0.25, 0.3) is 0 Å². The lowest BCUT2D eigenvalue weighted by Gasteiger charge is -2.22. The fourth-order valence-electron chi connectivity index (χ4n) is 3.62. The van der Waals surface area contributed by atoms with Gasteiger partial charge in [-0.25, -0.2) is 0 Å². The largest absolute Gasteiger partial charge is 0.330 e. The van der Waals surface area contributed by atoms with Crippen molar-refractivity contribution in [2.45, 2.75) is 58.4 Å². The molecule has 0 aromatic heterocycles. The molecule has 2 nitrogen and oxygen atoms in total. The highest BCUT2D eigenvalue weighted by Crippen LogP contribution is 2.37. The first kappa shape index (κ1) is 12.4. The van der Waals surface area contributed by atoms with Crippen molar-refractivity contribution in [2.75, 3.05) is 13.1 Å². The second kappa shape index (κ2) is 5.05. The quantitative estimate of drug-likeness (QED) is 0.770. The summed E-state index contributed by atoms with van der Waals surface area (Å²) in [5, 5.41) is 3.79. The van der Waals surface area contributed by atoms with Gasteiger partial charge in [-0.3, -0.25) is 0 Å². The Kier molecular flexibility index (Phi) is 3.91. The number of nitrogens with two attached hydrogens (primary N) is 1. The molecule has 0 radical (unpaired) electrons. The Balaban J connectivity index is 1.71. The molecule has 94 valence electrons. The van der Waals surface area contributed by atoms with Crippen molar-refractivity contribution in [3.05, 3.63) is 0 Å². The number of rotatable bonds is 4. The zero-order valence-corrected chi connectivity index (χ0v) is 11.0. The molecule has 0 amide bonds. The van der Waals surface area contributed by atoms with Gasteiger partial charge in [-0.15, -0.1) is 0 Å². The van der Waals surface area contributed by atoms with Crippen LogP contribution in [0.5, 0.6) is 0 Å². The Morgan fingerprint density at radius 3 is 2.56 bits per heavy atom. The summed E-state index contributed by atoms with van der Waals surface area (Å²) in [7, 11) is 0. The van der Waals surface area contributed by atoms with E-state index in [2.05, 4.69) is 19.2 Å². The maximum absolute atomic E-state index is 5.82. The van der Waals surface area contributed by atoms with Crippen LogP contribution in [0.25, 0.3) is 0 Å². The fourth-order valence-corrected chi connectivity index (χ4v) is 3.62. The van der Waals surface area contributed by atoms with Crippen molar-refractivity contribution in [1.29, 1.82) is 0 Å². The van der Waals surface area contributed by atoms with E-state index < -0.39 is 0 Å². The lowest BCUT2D eigenvalue weighted by atomic mass is 9.91. The molecule has 0 bridgehead atoms. The van der Waals surface area contributed by atoms with Crippen molar-refractivity contribution >= 4 is 0 Å². The highest BCUT2D eigenvalue weighted by Gasteiger charge is 2.32. The van der Waals surface area contributed by atoms with Gasteiger partial charge in [-0.1, -0.05) is 20.3 Å². The minimum atomic E-state index is 0.570. The monoisotopic (exact) mass is 224 g/mol. The molecular weight excluding hydrogens is 196 g/mol. The van der Waals surface area contributed by atoms with Gasteiger partial charge >= 0.3 is 0 Å². The molecule has 0 spiro atoms. The van der Waals surface area contributed by atoms with Crippen LogP contribution in [0.1, 0.15) is 52.4 Å². The molecule has 0 aromatic rings. The molecule has 3 atom stereocenters. The van der Waals surface area contributed by atoms with E-state index in [1.807, 2.05) is 0 Å². The predicted molar refractivity (Wildman–Crippen MR) is 69.3 cm³/mol. The molecule has 2 aliphatic rings. The second-order valence-corrected chi connectivity index (χ2v) is 6.70. The van der Waals surface area contributed by atoms with Crippen LogP contribution >= 0.6 is 0 Å². The summed E-state index contributed by atoms with van der Waals surface area (Å²) in [6.07, 6.45) is 8.25. The summed E-state index contributed by atoms with van der Waals surface area (Å²) in [5.74, 6) is 1.65. The molecule has 2 saturated carbocycles. The van der Waals surface area contributed by atoms with Crippen LogP contribution in [-0.4, -0.2) is 19.1 Å². The van der Waals surface area contributed by atoms with Crippen molar-refractivity contribution in [3.8, 4) is 0 Å². The number of hydrogen-bond acceptors (Lipinski definition) is 2. The Labute approximate surface area is 100 Å². The second-order valence-electron chi connectivity index (χ2n) is 6.70. The van der Waals surface area contributed by atoms with Crippen LogP contribution in [0.15, 0.2) is 0 Å². The summed E-state index contributed by atoms with van der Waals surface area (Å²) < 4.78 is 0. The Morgan fingerprint density at radius 1 is 1.19 bits per heavy atom. The molecule has 2 fully saturated rings. The van der Waals surface area contributed by atoms with E-state index >= 15 is 0 Å². The molecule has 0 aromatic carbocycles. The van der Waals surface area contributed by atoms with Gasteiger partial charge in [0.15, 0.2) is 0 Å². The molecule has 3 N–H and O–H groups in total. The first-order chi connectivity index (χ1) is 7.61. The number of nitrogens with one attached hydrogen (secondary N) is 1. The maximum Gasteiger partial charge on any atom is 0.00724 e. The van der Waals surface area contributed by atoms with Crippen LogP contribution in [-0.2, 0) is 0 Å². The first-order valence-corrected chi connectivity index (χ1v) is 7.04. The molecular formula is C14H28N2. The molecule has 2 aliphatic carbocycles. The highest BCUT2D eigenvalue weighted by atomic mass is 14.9. The average molecular weight is 224 g/mol. The van der Waals surface area contributed by atoms with E-state index in [1.54, 1.807) is 0 Å². The van der Waals surface area contributed by atoms with E-state index in [4.69, 9.17) is 5.73 Å². The molecule has 0 aliphatic heterocycles. The van der Waals surface area contributed by atoms with Crippen molar-refractivity contribution in [1.82, 2.24) is 5.32 Å². The summed E-state index contributed by atoms with van der Waals surface area (Å²) in [5.41, 5.74) is 6.39. The Hall–Kier alpha value is -0.0800. The van der Waals surface area contributed by atoms with Crippen molar-refractivity contribution < 1.29 is 0 Å². The Bertz CT molecular complexity index is 225. The summed E-state index contributed by atoms with van der Waals surface area (Å²) in [6.45, 7) is 6.89. The van der Waals surface area contributed by atoms with E-state index in [9.17, 15) is 0 Å². The summed E-state index contributed by atoms with van der Waals surface area (Å²) in [6, 6.07) is 0.772. The minimum absolute atomic E-state index is 0.570. The van der Waals surface area contributed by atoms with Gasteiger partial charge in [-0.2, -0.15) is 0 Å². The molecule has 2 rings (SSSR count). The third-order valence-corrected chi connectivity index (χ3v) is 4.76. The topological polar surface area (TPSA) is 38.0 Å². The first-order valence-electron chi connectivity index (χ1n) is 7.04. The SMILES string of the molecule is CC1(C)CCC(NCC2CCCC2CN)C1.